The molecule has 0 spiro atoms. The van der Waals surface area contributed by atoms with E-state index in [4.69, 9.17) is 0 Å². The Hall–Kier alpha value is -3.94. The minimum absolute atomic E-state index is 0.129. The lowest BCUT2D eigenvalue weighted by molar-refractivity contribution is -0.121. The van der Waals surface area contributed by atoms with E-state index in [-0.39, 0.29) is 30.7 Å². The summed E-state index contributed by atoms with van der Waals surface area (Å²) in [5.41, 5.74) is 2.46. The topological polar surface area (TPSA) is 87.5 Å². The van der Waals surface area contributed by atoms with Crippen LogP contribution in [0.2, 0.25) is 0 Å². The van der Waals surface area contributed by atoms with E-state index in [1.54, 1.807) is 46.6 Å². The number of carbonyl (C=O) groups is 3. The number of rotatable bonds is 6. The molecule has 2 aromatic carbocycles. The van der Waals surface area contributed by atoms with E-state index >= 15 is 0 Å². The molecule has 0 saturated carbocycles. The van der Waals surface area contributed by atoms with Gasteiger partial charge < -0.3 is 14.8 Å². The molecule has 1 atom stereocenters. The molecule has 2 aliphatic heterocycles. The van der Waals surface area contributed by atoms with Crippen LogP contribution in [0.15, 0.2) is 67.3 Å². The largest absolute Gasteiger partial charge is 0.354 e. The third-order valence-electron chi connectivity index (χ3n) is 5.71. The Morgan fingerprint density at radius 2 is 1.74 bits per heavy atom. The van der Waals surface area contributed by atoms with E-state index in [2.05, 4.69) is 10.3 Å². The minimum atomic E-state index is -0.537. The molecule has 0 radical (unpaired) electrons. The van der Waals surface area contributed by atoms with Crippen LogP contribution in [0.5, 0.6) is 0 Å². The minimum Gasteiger partial charge on any atom is -0.354 e. The molecule has 3 heterocycles. The Labute approximate surface area is 179 Å². The molecule has 0 unspecified atom stereocenters. The second kappa shape index (κ2) is 7.71. The first-order valence-corrected chi connectivity index (χ1v) is 10.2. The van der Waals surface area contributed by atoms with Crippen molar-refractivity contribution in [2.24, 2.45) is 0 Å². The first-order chi connectivity index (χ1) is 15.1. The maximum absolute atomic E-state index is 13.3. The summed E-state index contributed by atoms with van der Waals surface area (Å²) in [7, 11) is 0. The van der Waals surface area contributed by atoms with Crippen LogP contribution < -0.4 is 10.2 Å². The second-order valence-electron chi connectivity index (χ2n) is 7.55. The Bertz CT molecular complexity index is 1160. The van der Waals surface area contributed by atoms with Crippen LogP contribution in [-0.2, 0) is 11.3 Å². The average molecular weight is 415 g/mol. The summed E-state index contributed by atoms with van der Waals surface area (Å²) in [5.74, 6) is -0.446. The SMILES string of the molecule is O=C(CCN1C(=O)c2ccccc2N2C(=O)c3ccccc3[C@H]12)NCCn1ccnc1. The summed E-state index contributed by atoms with van der Waals surface area (Å²) >= 11 is 0. The van der Waals surface area contributed by atoms with Crippen LogP contribution in [-0.4, -0.2) is 45.3 Å². The summed E-state index contributed by atoms with van der Waals surface area (Å²) in [6.07, 6.45) is 4.83. The molecule has 2 aliphatic rings. The molecule has 5 rings (SSSR count). The molecule has 0 bridgehead atoms. The summed E-state index contributed by atoms with van der Waals surface area (Å²) in [6.45, 7) is 1.32. The van der Waals surface area contributed by atoms with Crippen molar-refractivity contribution >= 4 is 23.4 Å². The lowest BCUT2D eigenvalue weighted by Crippen LogP contribution is -2.49. The molecule has 1 aromatic heterocycles. The van der Waals surface area contributed by atoms with Crippen molar-refractivity contribution in [2.45, 2.75) is 19.1 Å². The van der Waals surface area contributed by atoms with Gasteiger partial charge in [-0.2, -0.15) is 0 Å². The van der Waals surface area contributed by atoms with E-state index in [9.17, 15) is 14.4 Å². The van der Waals surface area contributed by atoms with Gasteiger partial charge in [-0.15, -0.1) is 0 Å². The molecule has 3 aromatic rings. The quantitative estimate of drug-likeness (QED) is 0.669. The Balaban J connectivity index is 1.36. The summed E-state index contributed by atoms with van der Waals surface area (Å²) in [6, 6.07) is 14.5. The highest BCUT2D eigenvalue weighted by Crippen LogP contribution is 2.45. The van der Waals surface area contributed by atoms with E-state index < -0.39 is 6.17 Å². The molecule has 3 amide bonds. The Kier molecular flexibility index (Phi) is 4.74. The zero-order chi connectivity index (χ0) is 21.4. The van der Waals surface area contributed by atoms with Crippen LogP contribution in [0, 0.1) is 0 Å². The highest BCUT2D eigenvalue weighted by Gasteiger charge is 2.47. The van der Waals surface area contributed by atoms with Crippen molar-refractivity contribution < 1.29 is 14.4 Å². The zero-order valence-corrected chi connectivity index (χ0v) is 16.8. The van der Waals surface area contributed by atoms with Gasteiger partial charge in [-0.05, 0) is 18.2 Å². The number of hydrogen-bond donors (Lipinski definition) is 1. The molecular formula is C23H21N5O3. The highest BCUT2D eigenvalue weighted by molar-refractivity contribution is 6.16. The van der Waals surface area contributed by atoms with E-state index in [0.717, 1.165) is 5.56 Å². The van der Waals surface area contributed by atoms with Crippen LogP contribution in [0.25, 0.3) is 0 Å². The Morgan fingerprint density at radius 3 is 2.55 bits per heavy atom. The molecule has 31 heavy (non-hydrogen) atoms. The fraction of sp³-hybridized carbons (Fsp3) is 0.217. The van der Waals surface area contributed by atoms with Gasteiger partial charge in [0.05, 0.1) is 17.6 Å². The van der Waals surface area contributed by atoms with Gasteiger partial charge in [0.25, 0.3) is 11.8 Å². The number of amides is 3. The first kappa shape index (κ1) is 19.0. The molecule has 8 heteroatoms. The normalized spacial score (nSPS) is 16.7. The zero-order valence-electron chi connectivity index (χ0n) is 16.8. The standard InChI is InChI=1S/C23H21N5O3/c29-20(25-11-14-26-13-10-24-15-26)9-12-27-21-16-5-1-2-6-17(16)23(31)28(21)19-8-4-3-7-18(19)22(27)30/h1-8,10,13,15,21H,9,11-12,14H2,(H,25,29)/t21-/m1/s1. The predicted octanol–water partition coefficient (Wildman–Crippen LogP) is 2.20. The Morgan fingerprint density at radius 1 is 0.968 bits per heavy atom. The van der Waals surface area contributed by atoms with Crippen LogP contribution in [0.3, 0.4) is 0 Å². The number of anilines is 1. The molecule has 8 nitrogen and oxygen atoms in total. The molecule has 1 N–H and O–H groups in total. The number of nitrogens with one attached hydrogen (secondary N) is 1. The van der Waals surface area contributed by atoms with Crippen molar-refractivity contribution in [2.75, 3.05) is 18.0 Å². The fourth-order valence-corrected chi connectivity index (χ4v) is 4.25. The van der Waals surface area contributed by atoms with Gasteiger partial charge in [0.15, 0.2) is 0 Å². The van der Waals surface area contributed by atoms with Crippen molar-refractivity contribution in [1.29, 1.82) is 0 Å². The van der Waals surface area contributed by atoms with Crippen LogP contribution >= 0.6 is 0 Å². The number of imidazole rings is 1. The van der Waals surface area contributed by atoms with Gasteiger partial charge >= 0.3 is 0 Å². The molecule has 0 aliphatic carbocycles. The summed E-state index contributed by atoms with van der Waals surface area (Å²) in [5, 5.41) is 2.88. The maximum Gasteiger partial charge on any atom is 0.260 e. The number of hydrogen-bond acceptors (Lipinski definition) is 4. The maximum atomic E-state index is 13.3. The van der Waals surface area contributed by atoms with Crippen molar-refractivity contribution in [3.05, 3.63) is 83.9 Å². The molecule has 0 saturated heterocycles. The van der Waals surface area contributed by atoms with E-state index in [1.165, 1.54) is 0 Å². The van der Waals surface area contributed by atoms with Crippen molar-refractivity contribution in [3.8, 4) is 0 Å². The van der Waals surface area contributed by atoms with Crippen molar-refractivity contribution in [1.82, 2.24) is 19.8 Å². The number of nitrogens with zero attached hydrogens (tertiary/aromatic N) is 4. The van der Waals surface area contributed by atoms with E-state index in [0.29, 0.717) is 29.9 Å². The van der Waals surface area contributed by atoms with Gasteiger partial charge in [0.2, 0.25) is 5.91 Å². The third kappa shape index (κ3) is 3.26. The van der Waals surface area contributed by atoms with Gasteiger partial charge in [0, 0.05) is 49.6 Å². The first-order valence-electron chi connectivity index (χ1n) is 10.2. The van der Waals surface area contributed by atoms with Crippen LogP contribution in [0.1, 0.15) is 38.9 Å². The van der Waals surface area contributed by atoms with Gasteiger partial charge in [-0.25, -0.2) is 4.98 Å². The lowest BCUT2D eigenvalue weighted by atomic mass is 10.0. The lowest BCUT2D eigenvalue weighted by Gasteiger charge is -2.40. The summed E-state index contributed by atoms with van der Waals surface area (Å²) < 4.78 is 1.88. The second-order valence-corrected chi connectivity index (χ2v) is 7.55. The molecular weight excluding hydrogens is 394 g/mol. The number of aromatic nitrogens is 2. The predicted molar refractivity (Wildman–Crippen MR) is 113 cm³/mol. The number of para-hydroxylation sites is 1. The number of benzene rings is 2. The smallest absolute Gasteiger partial charge is 0.260 e. The van der Waals surface area contributed by atoms with Gasteiger partial charge in [-0.1, -0.05) is 30.3 Å². The molecule has 0 fully saturated rings. The average Bonchev–Trinajstić information content (AvgIpc) is 3.41. The van der Waals surface area contributed by atoms with Crippen LogP contribution in [0.4, 0.5) is 5.69 Å². The third-order valence-corrected chi connectivity index (χ3v) is 5.71. The van der Waals surface area contributed by atoms with Gasteiger partial charge in [0.1, 0.15) is 6.17 Å². The highest BCUT2D eigenvalue weighted by atomic mass is 16.2. The van der Waals surface area contributed by atoms with Gasteiger partial charge in [-0.3, -0.25) is 19.3 Å². The molecule has 156 valence electrons. The van der Waals surface area contributed by atoms with E-state index in [1.807, 2.05) is 35.0 Å². The fourth-order valence-electron chi connectivity index (χ4n) is 4.25. The van der Waals surface area contributed by atoms with Crippen molar-refractivity contribution in [3.63, 3.8) is 0 Å². The number of fused-ring (bicyclic) bond motifs is 5. The monoisotopic (exact) mass is 415 g/mol. The summed E-state index contributed by atoms with van der Waals surface area (Å²) in [4.78, 5) is 46.1. The number of carbonyl (C=O) groups excluding carboxylic acids is 3.